The number of rotatable bonds is 6. The fourth-order valence-electron chi connectivity index (χ4n) is 1.85. The van der Waals surface area contributed by atoms with Crippen LogP contribution in [-0.4, -0.2) is 46.3 Å². The van der Waals surface area contributed by atoms with Crippen molar-refractivity contribution in [3.8, 4) is 0 Å². The summed E-state index contributed by atoms with van der Waals surface area (Å²) in [6.45, 7) is 3.80. The molecular weight excluding hydrogens is 260 g/mol. The van der Waals surface area contributed by atoms with E-state index in [4.69, 9.17) is 10.2 Å². The molecule has 0 heterocycles. The van der Waals surface area contributed by atoms with Gasteiger partial charge in [0.05, 0.1) is 13.0 Å². The van der Waals surface area contributed by atoms with E-state index < -0.39 is 5.97 Å². The molecule has 0 radical (unpaired) electrons. The van der Waals surface area contributed by atoms with Crippen LogP contribution in [0.15, 0.2) is 24.3 Å². The van der Waals surface area contributed by atoms with Crippen molar-refractivity contribution in [3.05, 3.63) is 29.8 Å². The molecule has 0 unspecified atom stereocenters. The van der Waals surface area contributed by atoms with Gasteiger partial charge in [-0.1, -0.05) is 18.2 Å². The molecule has 0 aliphatic rings. The van der Waals surface area contributed by atoms with Crippen LogP contribution in [0.4, 0.5) is 10.5 Å². The van der Waals surface area contributed by atoms with Gasteiger partial charge in [-0.2, -0.15) is 0 Å². The summed E-state index contributed by atoms with van der Waals surface area (Å²) in [5.74, 6) is -0.956. The Balaban J connectivity index is 2.86. The maximum atomic E-state index is 12.1. The van der Waals surface area contributed by atoms with Gasteiger partial charge in [0.25, 0.3) is 0 Å². The van der Waals surface area contributed by atoms with E-state index in [0.29, 0.717) is 11.3 Å². The molecule has 6 heteroatoms. The van der Waals surface area contributed by atoms with Gasteiger partial charge in [0, 0.05) is 18.3 Å². The van der Waals surface area contributed by atoms with Crippen LogP contribution < -0.4 is 5.32 Å². The molecule has 0 fully saturated rings. The van der Waals surface area contributed by atoms with Crippen LogP contribution in [0, 0.1) is 0 Å². The molecule has 1 aromatic rings. The molecule has 1 rings (SSSR count). The Bertz CT molecular complexity index is 474. The van der Waals surface area contributed by atoms with Crippen LogP contribution in [0.2, 0.25) is 0 Å². The average Bonchev–Trinajstić information content (AvgIpc) is 2.37. The molecule has 3 N–H and O–H groups in total. The minimum atomic E-state index is -0.956. The van der Waals surface area contributed by atoms with Crippen LogP contribution in [-0.2, 0) is 11.2 Å². The molecule has 0 atom stereocenters. The number of hydrogen-bond acceptors (Lipinski definition) is 3. The summed E-state index contributed by atoms with van der Waals surface area (Å²) in [6.07, 6.45) is -0.155. The van der Waals surface area contributed by atoms with Crippen LogP contribution in [0.3, 0.4) is 0 Å². The molecule has 6 nitrogen and oxygen atoms in total. The second-order valence-corrected chi connectivity index (χ2v) is 4.67. The highest BCUT2D eigenvalue weighted by atomic mass is 16.4. The van der Waals surface area contributed by atoms with Crippen molar-refractivity contribution in [1.82, 2.24) is 4.90 Å². The molecular formula is C14H20N2O4. The first-order chi connectivity index (χ1) is 9.45. The van der Waals surface area contributed by atoms with Crippen LogP contribution in [0.5, 0.6) is 0 Å². The zero-order valence-electron chi connectivity index (χ0n) is 11.7. The third kappa shape index (κ3) is 4.55. The van der Waals surface area contributed by atoms with Crippen molar-refractivity contribution in [3.63, 3.8) is 0 Å². The molecule has 2 amide bonds. The number of carbonyl (C=O) groups excluding carboxylic acids is 1. The predicted octanol–water partition coefficient (Wildman–Crippen LogP) is 1.55. The fourth-order valence-corrected chi connectivity index (χ4v) is 1.85. The van der Waals surface area contributed by atoms with E-state index in [1.54, 1.807) is 24.3 Å². The largest absolute Gasteiger partial charge is 0.481 e. The number of benzene rings is 1. The summed E-state index contributed by atoms with van der Waals surface area (Å²) in [5.41, 5.74) is 1.02. The van der Waals surface area contributed by atoms with Crippen molar-refractivity contribution < 1.29 is 19.8 Å². The Hall–Kier alpha value is -2.08. The Labute approximate surface area is 118 Å². The summed E-state index contributed by atoms with van der Waals surface area (Å²) in [7, 11) is 0. The van der Waals surface area contributed by atoms with Gasteiger partial charge >= 0.3 is 12.0 Å². The summed E-state index contributed by atoms with van der Waals surface area (Å²) in [4.78, 5) is 24.4. The first-order valence-electron chi connectivity index (χ1n) is 6.44. The molecule has 0 spiro atoms. The number of hydrogen-bond donors (Lipinski definition) is 3. The summed E-state index contributed by atoms with van der Waals surface area (Å²) in [6, 6.07) is 6.36. The normalized spacial score (nSPS) is 10.4. The quantitative estimate of drug-likeness (QED) is 0.737. The number of carboxylic acids is 1. The standard InChI is InChI=1S/C14H20N2O4/c1-10(2)16(7-8-17)14(20)15-12-6-4-3-5-11(12)9-13(18)19/h3-6,10,17H,7-9H2,1-2H3,(H,15,20)(H,18,19). The van der Waals surface area contributed by atoms with E-state index >= 15 is 0 Å². The Kier molecular flexibility index (Phi) is 5.99. The first kappa shape index (κ1) is 16.0. The van der Waals surface area contributed by atoms with Gasteiger partial charge in [-0.25, -0.2) is 4.79 Å². The third-order valence-corrected chi connectivity index (χ3v) is 2.83. The molecule has 0 saturated carbocycles. The summed E-state index contributed by atoms with van der Waals surface area (Å²) < 4.78 is 0. The van der Waals surface area contributed by atoms with Gasteiger partial charge < -0.3 is 20.4 Å². The Morgan fingerprint density at radius 1 is 1.30 bits per heavy atom. The lowest BCUT2D eigenvalue weighted by molar-refractivity contribution is -0.136. The number of nitrogens with one attached hydrogen (secondary N) is 1. The number of urea groups is 1. The lowest BCUT2D eigenvalue weighted by atomic mass is 10.1. The van der Waals surface area contributed by atoms with E-state index in [2.05, 4.69) is 5.32 Å². The van der Waals surface area contributed by atoms with Crippen molar-refractivity contribution in [1.29, 1.82) is 0 Å². The van der Waals surface area contributed by atoms with Crippen molar-refractivity contribution >= 4 is 17.7 Å². The molecule has 1 aromatic carbocycles. The van der Waals surface area contributed by atoms with Gasteiger partial charge in [-0.05, 0) is 25.5 Å². The van der Waals surface area contributed by atoms with Crippen molar-refractivity contribution in [2.75, 3.05) is 18.5 Å². The number of amides is 2. The van der Waals surface area contributed by atoms with Gasteiger partial charge in [-0.15, -0.1) is 0 Å². The highest BCUT2D eigenvalue weighted by Crippen LogP contribution is 2.16. The van der Waals surface area contributed by atoms with Gasteiger partial charge in [0.15, 0.2) is 0 Å². The minimum absolute atomic E-state index is 0.0613. The smallest absolute Gasteiger partial charge is 0.322 e. The number of nitrogens with zero attached hydrogens (tertiary/aromatic N) is 1. The van der Waals surface area contributed by atoms with Crippen molar-refractivity contribution in [2.24, 2.45) is 0 Å². The molecule has 0 aliphatic heterocycles. The van der Waals surface area contributed by atoms with E-state index in [-0.39, 0.29) is 31.6 Å². The van der Waals surface area contributed by atoms with Crippen LogP contribution >= 0.6 is 0 Å². The number of para-hydroxylation sites is 1. The van der Waals surface area contributed by atoms with Crippen LogP contribution in [0.25, 0.3) is 0 Å². The monoisotopic (exact) mass is 280 g/mol. The summed E-state index contributed by atoms with van der Waals surface area (Å²) in [5, 5.41) is 20.5. The minimum Gasteiger partial charge on any atom is -0.481 e. The van der Waals surface area contributed by atoms with E-state index in [1.165, 1.54) is 4.90 Å². The zero-order chi connectivity index (χ0) is 15.1. The van der Waals surface area contributed by atoms with Gasteiger partial charge in [-0.3, -0.25) is 4.79 Å². The number of aliphatic hydroxyl groups is 1. The second-order valence-electron chi connectivity index (χ2n) is 4.67. The second kappa shape index (κ2) is 7.49. The lowest BCUT2D eigenvalue weighted by Crippen LogP contribution is -2.41. The number of carboxylic acid groups (broad SMARTS) is 1. The number of carbonyl (C=O) groups is 2. The zero-order valence-corrected chi connectivity index (χ0v) is 11.7. The van der Waals surface area contributed by atoms with E-state index in [1.807, 2.05) is 13.8 Å². The maximum absolute atomic E-state index is 12.1. The Morgan fingerprint density at radius 3 is 2.50 bits per heavy atom. The third-order valence-electron chi connectivity index (χ3n) is 2.83. The predicted molar refractivity (Wildman–Crippen MR) is 75.7 cm³/mol. The highest BCUT2D eigenvalue weighted by molar-refractivity contribution is 5.91. The van der Waals surface area contributed by atoms with E-state index in [9.17, 15) is 9.59 Å². The van der Waals surface area contributed by atoms with Gasteiger partial charge in [0.2, 0.25) is 0 Å². The van der Waals surface area contributed by atoms with E-state index in [0.717, 1.165) is 0 Å². The number of anilines is 1. The molecule has 0 aromatic heterocycles. The molecule has 0 bridgehead atoms. The SMILES string of the molecule is CC(C)N(CCO)C(=O)Nc1ccccc1CC(=O)O. The topological polar surface area (TPSA) is 89.9 Å². The Morgan fingerprint density at radius 2 is 1.95 bits per heavy atom. The highest BCUT2D eigenvalue weighted by Gasteiger charge is 2.17. The van der Waals surface area contributed by atoms with Crippen molar-refractivity contribution in [2.45, 2.75) is 26.3 Å². The molecule has 0 saturated heterocycles. The molecule has 110 valence electrons. The first-order valence-corrected chi connectivity index (χ1v) is 6.44. The molecule has 0 aliphatic carbocycles. The maximum Gasteiger partial charge on any atom is 0.322 e. The number of aliphatic carboxylic acids is 1. The summed E-state index contributed by atoms with van der Waals surface area (Å²) >= 11 is 0. The average molecular weight is 280 g/mol. The lowest BCUT2D eigenvalue weighted by Gasteiger charge is -2.26. The molecule has 20 heavy (non-hydrogen) atoms. The fraction of sp³-hybridized carbons (Fsp3) is 0.429. The van der Waals surface area contributed by atoms with Gasteiger partial charge in [0.1, 0.15) is 0 Å². The van der Waals surface area contributed by atoms with Crippen LogP contribution in [0.1, 0.15) is 19.4 Å². The number of aliphatic hydroxyl groups excluding tert-OH is 1.